The fraction of sp³-hybridized carbons (Fsp3) is 0.176. The lowest BCUT2D eigenvalue weighted by molar-refractivity contribution is -0.114. The van der Waals surface area contributed by atoms with Crippen LogP contribution in [0.4, 0.5) is 11.4 Å². The quantitative estimate of drug-likeness (QED) is 0.792. The number of para-hydroxylation sites is 1. The number of amides is 2. The van der Waals surface area contributed by atoms with Crippen LogP contribution in [0.2, 0.25) is 0 Å². The number of primary amides is 1. The van der Waals surface area contributed by atoms with Crippen LogP contribution in [0, 0.1) is 13.8 Å². The second kappa shape index (κ2) is 6.76. The van der Waals surface area contributed by atoms with Crippen LogP contribution >= 0.6 is 0 Å². The number of nitrogens with one attached hydrogen (secondary N) is 2. The summed E-state index contributed by atoms with van der Waals surface area (Å²) in [4.78, 5) is 23.3. The van der Waals surface area contributed by atoms with Crippen molar-refractivity contribution in [2.45, 2.75) is 13.8 Å². The normalized spacial score (nSPS) is 10.1. The van der Waals surface area contributed by atoms with Crippen molar-refractivity contribution in [2.24, 2.45) is 5.73 Å². The van der Waals surface area contributed by atoms with E-state index in [-0.39, 0.29) is 12.5 Å². The van der Waals surface area contributed by atoms with E-state index in [1.165, 1.54) is 0 Å². The van der Waals surface area contributed by atoms with Crippen molar-refractivity contribution in [3.05, 3.63) is 59.2 Å². The molecule has 0 aliphatic heterocycles. The van der Waals surface area contributed by atoms with E-state index in [9.17, 15) is 9.59 Å². The third-order valence-corrected chi connectivity index (χ3v) is 3.14. The number of nitrogens with two attached hydrogens (primary N) is 1. The minimum absolute atomic E-state index is 0.107. The second-order valence-corrected chi connectivity index (χ2v) is 5.19. The summed E-state index contributed by atoms with van der Waals surface area (Å²) in [7, 11) is 0. The average Bonchev–Trinajstić information content (AvgIpc) is 2.44. The van der Waals surface area contributed by atoms with E-state index in [1.54, 1.807) is 24.3 Å². The van der Waals surface area contributed by atoms with Crippen molar-refractivity contribution in [3.63, 3.8) is 0 Å². The number of carbonyl (C=O) groups excluding carboxylic acids is 2. The van der Waals surface area contributed by atoms with Gasteiger partial charge in [0.2, 0.25) is 5.91 Å². The number of carbonyl (C=O) groups is 2. The number of anilines is 2. The minimum atomic E-state index is -0.571. The molecule has 4 N–H and O–H groups in total. The maximum atomic E-state index is 12.0. The Morgan fingerprint density at radius 1 is 1.05 bits per heavy atom. The first-order chi connectivity index (χ1) is 10.5. The summed E-state index contributed by atoms with van der Waals surface area (Å²) in [5.74, 6) is -0.814. The minimum Gasteiger partial charge on any atom is -0.376 e. The van der Waals surface area contributed by atoms with Gasteiger partial charge in [0.15, 0.2) is 0 Å². The molecule has 114 valence electrons. The monoisotopic (exact) mass is 297 g/mol. The van der Waals surface area contributed by atoms with Gasteiger partial charge in [0, 0.05) is 5.69 Å². The van der Waals surface area contributed by atoms with E-state index < -0.39 is 5.91 Å². The lowest BCUT2D eigenvalue weighted by Gasteiger charge is -2.11. The number of rotatable bonds is 5. The molecule has 0 aliphatic carbocycles. The topological polar surface area (TPSA) is 84.2 Å². The van der Waals surface area contributed by atoms with Gasteiger partial charge in [0.05, 0.1) is 17.8 Å². The molecule has 2 aromatic carbocycles. The zero-order chi connectivity index (χ0) is 16.1. The van der Waals surface area contributed by atoms with Crippen LogP contribution in [0.3, 0.4) is 0 Å². The molecule has 0 fully saturated rings. The Morgan fingerprint density at radius 3 is 2.32 bits per heavy atom. The zero-order valence-corrected chi connectivity index (χ0v) is 12.6. The van der Waals surface area contributed by atoms with Gasteiger partial charge in [0.25, 0.3) is 5.91 Å². The first-order valence-electron chi connectivity index (χ1n) is 6.96. The zero-order valence-electron chi connectivity index (χ0n) is 12.6. The molecule has 0 bridgehead atoms. The molecule has 0 saturated carbocycles. The molecule has 22 heavy (non-hydrogen) atoms. The molecule has 5 nitrogen and oxygen atoms in total. The number of aryl methyl sites for hydroxylation is 2. The van der Waals surface area contributed by atoms with E-state index in [0.29, 0.717) is 11.3 Å². The molecular weight excluding hydrogens is 278 g/mol. The largest absolute Gasteiger partial charge is 0.376 e. The van der Waals surface area contributed by atoms with Crippen LogP contribution < -0.4 is 16.4 Å². The smallest absolute Gasteiger partial charge is 0.250 e. The van der Waals surface area contributed by atoms with Crippen molar-refractivity contribution in [1.82, 2.24) is 0 Å². The molecule has 0 saturated heterocycles. The van der Waals surface area contributed by atoms with Crippen LogP contribution in [0.5, 0.6) is 0 Å². The number of hydrogen-bond acceptors (Lipinski definition) is 3. The Balaban J connectivity index is 2.00. The van der Waals surface area contributed by atoms with Crippen molar-refractivity contribution in [3.8, 4) is 0 Å². The molecule has 0 heterocycles. The highest BCUT2D eigenvalue weighted by molar-refractivity contribution is 6.03. The highest BCUT2D eigenvalue weighted by Crippen LogP contribution is 2.15. The van der Waals surface area contributed by atoms with E-state index in [0.717, 1.165) is 16.8 Å². The summed E-state index contributed by atoms with van der Waals surface area (Å²) < 4.78 is 0. The first-order valence-corrected chi connectivity index (χ1v) is 6.96. The van der Waals surface area contributed by atoms with Gasteiger partial charge in [-0.25, -0.2) is 0 Å². The molecule has 0 radical (unpaired) electrons. The Morgan fingerprint density at radius 2 is 1.68 bits per heavy atom. The third kappa shape index (κ3) is 4.09. The van der Waals surface area contributed by atoms with Crippen LogP contribution in [0.1, 0.15) is 21.5 Å². The summed E-state index contributed by atoms with van der Waals surface area (Å²) in [6.07, 6.45) is 0. The van der Waals surface area contributed by atoms with Gasteiger partial charge in [-0.1, -0.05) is 18.2 Å². The van der Waals surface area contributed by atoms with E-state index in [4.69, 9.17) is 5.73 Å². The molecule has 0 spiro atoms. The summed E-state index contributed by atoms with van der Waals surface area (Å²) in [5.41, 5.74) is 9.13. The third-order valence-electron chi connectivity index (χ3n) is 3.14. The first kappa shape index (κ1) is 15.6. The molecule has 0 aliphatic rings. The van der Waals surface area contributed by atoms with Crippen molar-refractivity contribution >= 4 is 23.2 Å². The molecule has 2 amide bonds. The summed E-state index contributed by atoms with van der Waals surface area (Å²) >= 11 is 0. The average molecular weight is 297 g/mol. The molecule has 2 aromatic rings. The van der Waals surface area contributed by atoms with Crippen molar-refractivity contribution in [1.29, 1.82) is 0 Å². The molecule has 0 unspecified atom stereocenters. The molecule has 5 heteroatoms. The lowest BCUT2D eigenvalue weighted by atomic mass is 10.1. The van der Waals surface area contributed by atoms with E-state index >= 15 is 0 Å². The van der Waals surface area contributed by atoms with Gasteiger partial charge < -0.3 is 16.4 Å². The van der Waals surface area contributed by atoms with Crippen LogP contribution in [0.15, 0.2) is 42.5 Å². The van der Waals surface area contributed by atoms with Gasteiger partial charge in [-0.05, 0) is 49.2 Å². The summed E-state index contributed by atoms with van der Waals surface area (Å²) in [6.45, 7) is 4.11. The summed E-state index contributed by atoms with van der Waals surface area (Å²) in [6, 6.07) is 12.7. The van der Waals surface area contributed by atoms with Crippen molar-refractivity contribution in [2.75, 3.05) is 17.2 Å². The number of benzene rings is 2. The van der Waals surface area contributed by atoms with Gasteiger partial charge in [0.1, 0.15) is 0 Å². The molecule has 0 atom stereocenters. The van der Waals surface area contributed by atoms with Gasteiger partial charge in [-0.3, -0.25) is 9.59 Å². The Kier molecular flexibility index (Phi) is 4.78. The predicted molar refractivity (Wildman–Crippen MR) is 88.0 cm³/mol. The predicted octanol–water partition coefficient (Wildman–Crippen LogP) is 2.45. The molecule has 0 aromatic heterocycles. The van der Waals surface area contributed by atoms with Crippen LogP contribution in [0.25, 0.3) is 0 Å². The van der Waals surface area contributed by atoms with Gasteiger partial charge >= 0.3 is 0 Å². The maximum absolute atomic E-state index is 12.0. The van der Waals surface area contributed by atoms with Crippen molar-refractivity contribution < 1.29 is 9.59 Å². The Hall–Kier alpha value is -2.82. The maximum Gasteiger partial charge on any atom is 0.250 e. The Labute approximate surface area is 129 Å². The van der Waals surface area contributed by atoms with E-state index in [1.807, 2.05) is 26.0 Å². The highest BCUT2D eigenvalue weighted by Gasteiger charge is 2.10. The number of hydrogen-bond donors (Lipinski definition) is 3. The van der Waals surface area contributed by atoms with Gasteiger partial charge in [-0.2, -0.15) is 0 Å². The molecule has 2 rings (SSSR count). The van der Waals surface area contributed by atoms with Crippen LogP contribution in [-0.4, -0.2) is 18.4 Å². The SMILES string of the molecule is Cc1cc(C)cc(NCC(=O)Nc2ccccc2C(N)=O)c1. The van der Waals surface area contributed by atoms with Crippen LogP contribution in [-0.2, 0) is 4.79 Å². The van der Waals surface area contributed by atoms with E-state index in [2.05, 4.69) is 16.7 Å². The second-order valence-electron chi connectivity index (χ2n) is 5.19. The lowest BCUT2D eigenvalue weighted by Crippen LogP contribution is -2.24. The standard InChI is InChI=1S/C17H19N3O2/c1-11-7-12(2)9-13(8-11)19-10-16(21)20-15-6-4-3-5-14(15)17(18)22/h3-9,19H,10H2,1-2H3,(H2,18,22)(H,20,21). The fourth-order valence-corrected chi connectivity index (χ4v) is 2.26. The highest BCUT2D eigenvalue weighted by atomic mass is 16.2. The molecular formula is C17H19N3O2. The summed E-state index contributed by atoms with van der Waals surface area (Å²) in [5, 5.41) is 5.76. The van der Waals surface area contributed by atoms with Gasteiger partial charge in [-0.15, -0.1) is 0 Å². The Bertz CT molecular complexity index is 691. The fourth-order valence-electron chi connectivity index (χ4n) is 2.26.